The third-order valence-corrected chi connectivity index (χ3v) is 5.84. The molecule has 106 valence electrons. The van der Waals surface area contributed by atoms with Gasteiger partial charge < -0.3 is 5.32 Å². The van der Waals surface area contributed by atoms with Crippen molar-refractivity contribution in [3.8, 4) is 0 Å². The predicted molar refractivity (Wildman–Crippen MR) is 74.6 cm³/mol. The summed E-state index contributed by atoms with van der Waals surface area (Å²) in [7, 11) is -2.84. The summed E-state index contributed by atoms with van der Waals surface area (Å²) in [5.41, 5.74) is 0. The molecule has 2 aliphatic heterocycles. The normalized spacial score (nSPS) is 32.7. The molecule has 0 bridgehead atoms. The maximum absolute atomic E-state index is 11.9. The molecule has 5 heteroatoms. The Labute approximate surface area is 111 Å². The van der Waals surface area contributed by atoms with E-state index in [2.05, 4.69) is 17.1 Å². The van der Waals surface area contributed by atoms with Gasteiger partial charge in [-0.1, -0.05) is 19.8 Å². The van der Waals surface area contributed by atoms with Crippen molar-refractivity contribution >= 4 is 9.84 Å². The van der Waals surface area contributed by atoms with Crippen LogP contribution in [0.2, 0.25) is 0 Å². The van der Waals surface area contributed by atoms with Crippen LogP contribution in [-0.4, -0.2) is 56.5 Å². The molecule has 4 nitrogen and oxygen atoms in total. The van der Waals surface area contributed by atoms with E-state index in [0.717, 1.165) is 32.5 Å². The molecule has 1 N–H and O–H groups in total. The number of likely N-dealkylation sites (tertiary alicyclic amines) is 1. The zero-order valence-electron chi connectivity index (χ0n) is 11.4. The number of rotatable bonds is 5. The highest BCUT2D eigenvalue weighted by molar-refractivity contribution is 7.91. The van der Waals surface area contributed by atoms with Crippen molar-refractivity contribution in [3.63, 3.8) is 0 Å². The van der Waals surface area contributed by atoms with Crippen molar-refractivity contribution in [2.75, 3.05) is 31.1 Å². The van der Waals surface area contributed by atoms with Crippen molar-refractivity contribution in [1.82, 2.24) is 10.2 Å². The van der Waals surface area contributed by atoms with E-state index in [0.29, 0.717) is 11.5 Å². The highest BCUT2D eigenvalue weighted by Gasteiger charge is 2.40. The molecule has 2 aliphatic rings. The van der Waals surface area contributed by atoms with Crippen LogP contribution in [0.25, 0.3) is 0 Å². The molecule has 0 spiro atoms. The Morgan fingerprint density at radius 2 is 1.89 bits per heavy atom. The van der Waals surface area contributed by atoms with Gasteiger partial charge in [0.05, 0.1) is 11.5 Å². The van der Waals surface area contributed by atoms with Crippen LogP contribution < -0.4 is 5.32 Å². The largest absolute Gasteiger partial charge is 0.311 e. The Morgan fingerprint density at radius 3 is 2.56 bits per heavy atom. The lowest BCUT2D eigenvalue weighted by Crippen LogP contribution is -2.51. The van der Waals surface area contributed by atoms with E-state index in [1.165, 1.54) is 19.3 Å². The second-order valence-corrected chi connectivity index (χ2v) is 7.81. The first-order valence-corrected chi connectivity index (χ1v) is 9.12. The first kappa shape index (κ1) is 14.3. The van der Waals surface area contributed by atoms with Crippen LogP contribution in [0.4, 0.5) is 0 Å². The number of nitrogens with zero attached hydrogens (tertiary/aromatic N) is 1. The van der Waals surface area contributed by atoms with E-state index in [9.17, 15) is 8.42 Å². The van der Waals surface area contributed by atoms with Gasteiger partial charge in [-0.05, 0) is 38.9 Å². The third-order valence-electron chi connectivity index (χ3n) is 4.12. The quantitative estimate of drug-likeness (QED) is 0.761. The Hall–Kier alpha value is -0.130. The molecule has 2 fully saturated rings. The second kappa shape index (κ2) is 6.35. The molecule has 2 heterocycles. The number of nitrogens with one attached hydrogen (secondary N) is 1. The van der Waals surface area contributed by atoms with Crippen LogP contribution in [0.3, 0.4) is 0 Å². The fourth-order valence-corrected chi connectivity index (χ4v) is 5.08. The van der Waals surface area contributed by atoms with E-state index < -0.39 is 9.84 Å². The van der Waals surface area contributed by atoms with Gasteiger partial charge in [-0.25, -0.2) is 8.42 Å². The minimum atomic E-state index is -2.84. The van der Waals surface area contributed by atoms with Crippen LogP contribution in [0.15, 0.2) is 0 Å². The summed E-state index contributed by atoms with van der Waals surface area (Å²) in [5.74, 6) is 0.689. The summed E-state index contributed by atoms with van der Waals surface area (Å²) in [6, 6.07) is 0.367. The molecule has 2 rings (SSSR count). The summed E-state index contributed by atoms with van der Waals surface area (Å²) in [6.07, 6.45) is 6.02. The molecule has 0 aromatic heterocycles. The van der Waals surface area contributed by atoms with E-state index in [1.54, 1.807) is 0 Å². The molecular formula is C13H26N2O2S. The average Bonchev–Trinajstić information content (AvgIpc) is 2.66. The van der Waals surface area contributed by atoms with Crippen molar-refractivity contribution in [3.05, 3.63) is 0 Å². The Balaban J connectivity index is 1.95. The fraction of sp³-hybridized carbons (Fsp3) is 1.00. The molecule has 0 aromatic rings. The van der Waals surface area contributed by atoms with Crippen LogP contribution >= 0.6 is 0 Å². The maximum Gasteiger partial charge on any atom is 0.153 e. The highest BCUT2D eigenvalue weighted by atomic mass is 32.2. The van der Waals surface area contributed by atoms with Gasteiger partial charge in [0.15, 0.2) is 9.84 Å². The number of hydrogen-bond acceptors (Lipinski definition) is 4. The smallest absolute Gasteiger partial charge is 0.153 e. The van der Waals surface area contributed by atoms with E-state index in [1.807, 2.05) is 0 Å². The van der Waals surface area contributed by atoms with Crippen molar-refractivity contribution in [1.29, 1.82) is 0 Å². The van der Waals surface area contributed by atoms with Crippen LogP contribution in [0.5, 0.6) is 0 Å². The monoisotopic (exact) mass is 274 g/mol. The van der Waals surface area contributed by atoms with Gasteiger partial charge in [-0.15, -0.1) is 0 Å². The molecule has 0 aromatic carbocycles. The van der Waals surface area contributed by atoms with Gasteiger partial charge in [-0.3, -0.25) is 4.90 Å². The van der Waals surface area contributed by atoms with Gasteiger partial charge in [0.2, 0.25) is 0 Å². The first-order chi connectivity index (χ1) is 8.62. The lowest BCUT2D eigenvalue weighted by atomic mass is 10.0. The molecule has 0 saturated carbocycles. The fourth-order valence-electron chi connectivity index (χ4n) is 3.10. The highest BCUT2D eigenvalue weighted by Crippen LogP contribution is 2.22. The minimum absolute atomic E-state index is 0.152. The van der Waals surface area contributed by atoms with Gasteiger partial charge in [-0.2, -0.15) is 0 Å². The number of hydrogen-bond donors (Lipinski definition) is 1. The first-order valence-electron chi connectivity index (χ1n) is 7.30. The molecule has 18 heavy (non-hydrogen) atoms. The number of sulfone groups is 1. The molecule has 0 amide bonds. The maximum atomic E-state index is 11.9. The summed E-state index contributed by atoms with van der Waals surface area (Å²) in [6.45, 7) is 5.26. The third kappa shape index (κ3) is 3.68. The van der Waals surface area contributed by atoms with Crippen molar-refractivity contribution < 1.29 is 8.42 Å². The standard InChI is InChI=1S/C13H26N2O2S/c1-2-3-7-14-12-10-18(16,17)11-13(12)15-8-5-4-6-9-15/h12-14H,2-11H2,1H3/t12-,13-/m1/s1. The summed E-state index contributed by atoms with van der Waals surface area (Å²) in [5, 5.41) is 3.46. The Bertz CT molecular complexity index is 350. The van der Waals surface area contributed by atoms with Crippen LogP contribution in [0.1, 0.15) is 39.0 Å². The van der Waals surface area contributed by atoms with Gasteiger partial charge in [0.1, 0.15) is 0 Å². The summed E-state index contributed by atoms with van der Waals surface area (Å²) < 4.78 is 23.7. The Morgan fingerprint density at radius 1 is 1.17 bits per heavy atom. The Kier molecular flexibility index (Phi) is 5.04. The predicted octanol–water partition coefficient (Wildman–Crippen LogP) is 1.03. The molecule has 0 unspecified atom stereocenters. The SMILES string of the molecule is CCCCN[C@@H]1CS(=O)(=O)C[C@H]1N1CCCCC1. The van der Waals surface area contributed by atoms with Gasteiger partial charge >= 0.3 is 0 Å². The zero-order chi connectivity index (χ0) is 13.0. The molecule has 0 radical (unpaired) electrons. The minimum Gasteiger partial charge on any atom is -0.311 e. The average molecular weight is 274 g/mol. The molecule has 2 atom stereocenters. The topological polar surface area (TPSA) is 49.4 Å². The lowest BCUT2D eigenvalue weighted by molar-refractivity contribution is 0.155. The van der Waals surface area contributed by atoms with Crippen LogP contribution in [-0.2, 0) is 9.84 Å². The second-order valence-electron chi connectivity index (χ2n) is 5.66. The summed E-state index contributed by atoms with van der Waals surface area (Å²) >= 11 is 0. The van der Waals surface area contributed by atoms with Crippen molar-refractivity contribution in [2.45, 2.75) is 51.1 Å². The van der Waals surface area contributed by atoms with Gasteiger partial charge in [0.25, 0.3) is 0 Å². The zero-order valence-corrected chi connectivity index (χ0v) is 12.2. The summed E-state index contributed by atoms with van der Waals surface area (Å²) in [4.78, 5) is 2.40. The van der Waals surface area contributed by atoms with Crippen molar-refractivity contribution in [2.24, 2.45) is 0 Å². The lowest BCUT2D eigenvalue weighted by Gasteiger charge is -2.35. The van der Waals surface area contributed by atoms with E-state index in [4.69, 9.17) is 0 Å². The number of unbranched alkanes of at least 4 members (excludes halogenated alkanes) is 1. The molecule has 2 saturated heterocycles. The number of piperidine rings is 1. The van der Waals surface area contributed by atoms with Crippen LogP contribution in [0, 0.1) is 0 Å². The van der Waals surface area contributed by atoms with Gasteiger partial charge in [0, 0.05) is 12.1 Å². The van der Waals surface area contributed by atoms with E-state index >= 15 is 0 Å². The molecular weight excluding hydrogens is 248 g/mol. The van der Waals surface area contributed by atoms with E-state index in [-0.39, 0.29) is 12.1 Å². The molecule has 0 aliphatic carbocycles.